The fourth-order valence-corrected chi connectivity index (χ4v) is 5.32. The molecule has 36 heavy (non-hydrogen) atoms. The number of sulfone groups is 1. The summed E-state index contributed by atoms with van der Waals surface area (Å²) in [6.07, 6.45) is 4.05. The minimum atomic E-state index is -5.56. The first-order chi connectivity index (χ1) is 17.0. The third-order valence-electron chi connectivity index (χ3n) is 6.38. The van der Waals surface area contributed by atoms with E-state index < -0.39 is 37.7 Å². The smallest absolute Gasteiger partial charge is 0.305 e. The number of nitrogens with zero attached hydrogens (tertiary/aromatic N) is 3. The van der Waals surface area contributed by atoms with Crippen molar-refractivity contribution in [3.63, 3.8) is 0 Å². The molecule has 1 spiro atoms. The molecule has 1 aliphatic carbocycles. The summed E-state index contributed by atoms with van der Waals surface area (Å²) in [4.78, 5) is 32.2. The van der Waals surface area contributed by atoms with Gasteiger partial charge < -0.3 is 4.90 Å². The zero-order valence-corrected chi connectivity index (χ0v) is 19.9. The van der Waals surface area contributed by atoms with E-state index >= 15 is 0 Å². The number of anilines is 1. The highest BCUT2D eigenvalue weighted by Gasteiger charge is 2.65. The van der Waals surface area contributed by atoms with Crippen LogP contribution in [0.5, 0.6) is 0 Å². The summed E-state index contributed by atoms with van der Waals surface area (Å²) >= 11 is 6.36. The van der Waals surface area contributed by atoms with Crippen LogP contribution in [0.1, 0.15) is 18.4 Å². The number of carbonyl (C=O) groups is 2. The molecule has 3 amide bonds. The van der Waals surface area contributed by atoms with Crippen molar-refractivity contribution in [2.24, 2.45) is 0 Å². The van der Waals surface area contributed by atoms with E-state index in [9.17, 15) is 31.2 Å². The van der Waals surface area contributed by atoms with Crippen LogP contribution in [-0.4, -0.2) is 41.3 Å². The lowest BCUT2D eigenvalue weighted by molar-refractivity contribution is -0.120. The Morgan fingerprint density at radius 3 is 2.25 bits per heavy atom. The standard InChI is InChI=1S/C24H17ClF3N3O4S/c25-20-4-2-1-3-18(20)19-13-29-12-9-15(19)14-30-22(33)31(21(32)23(30)10-11-23)16-5-7-17(8-6-16)36(34,35)24(26,27)28/h1-9,12-13H,10-11,14H2. The maximum atomic E-state index is 13.4. The second-order valence-corrected chi connectivity index (χ2v) is 10.8. The highest BCUT2D eigenvalue weighted by Crippen LogP contribution is 2.50. The Kier molecular flexibility index (Phi) is 5.60. The predicted octanol–water partition coefficient (Wildman–Crippen LogP) is 5.20. The van der Waals surface area contributed by atoms with Crippen molar-refractivity contribution < 1.29 is 31.2 Å². The Bertz CT molecular complexity index is 1490. The molecule has 1 aromatic heterocycles. The summed E-state index contributed by atoms with van der Waals surface area (Å²) in [6.45, 7) is 0.0741. The fourth-order valence-electron chi connectivity index (χ4n) is 4.32. The number of hydrogen-bond acceptors (Lipinski definition) is 5. The van der Waals surface area contributed by atoms with Crippen LogP contribution in [0, 0.1) is 0 Å². The van der Waals surface area contributed by atoms with Crippen molar-refractivity contribution in [1.82, 2.24) is 9.88 Å². The Labute approximate surface area is 209 Å². The first-order valence-electron chi connectivity index (χ1n) is 10.7. The predicted molar refractivity (Wildman–Crippen MR) is 125 cm³/mol. The number of carbonyl (C=O) groups excluding carboxylic acids is 2. The van der Waals surface area contributed by atoms with Crippen LogP contribution >= 0.6 is 11.6 Å². The molecule has 0 bridgehead atoms. The second-order valence-electron chi connectivity index (χ2n) is 8.50. The third kappa shape index (κ3) is 3.73. The fraction of sp³-hybridized carbons (Fsp3) is 0.208. The maximum Gasteiger partial charge on any atom is 0.501 e. The number of aromatic nitrogens is 1. The molecule has 0 atom stereocenters. The molecule has 1 aliphatic heterocycles. The van der Waals surface area contributed by atoms with E-state index in [2.05, 4.69) is 4.98 Å². The number of benzene rings is 2. The van der Waals surface area contributed by atoms with Crippen molar-refractivity contribution >= 4 is 39.1 Å². The van der Waals surface area contributed by atoms with E-state index in [-0.39, 0.29) is 12.2 Å². The highest BCUT2D eigenvalue weighted by atomic mass is 35.5. The molecule has 7 nitrogen and oxygen atoms in total. The second kappa shape index (κ2) is 8.31. The van der Waals surface area contributed by atoms with E-state index in [1.165, 1.54) is 4.90 Å². The Morgan fingerprint density at radius 1 is 0.972 bits per heavy atom. The lowest BCUT2D eigenvalue weighted by atomic mass is 10.0. The van der Waals surface area contributed by atoms with Crippen molar-refractivity contribution in [3.05, 3.63) is 77.6 Å². The van der Waals surface area contributed by atoms with Crippen molar-refractivity contribution in [3.8, 4) is 11.1 Å². The number of hydrogen-bond donors (Lipinski definition) is 0. The van der Waals surface area contributed by atoms with E-state index in [4.69, 9.17) is 11.6 Å². The van der Waals surface area contributed by atoms with Crippen molar-refractivity contribution in [1.29, 1.82) is 0 Å². The molecule has 3 aromatic rings. The molecule has 1 saturated carbocycles. The number of rotatable bonds is 5. The number of halogens is 4. The van der Waals surface area contributed by atoms with Gasteiger partial charge in [-0.3, -0.25) is 9.78 Å². The molecule has 2 aromatic carbocycles. The van der Waals surface area contributed by atoms with Crippen LogP contribution in [-0.2, 0) is 21.2 Å². The molecule has 12 heteroatoms. The van der Waals surface area contributed by atoms with Crippen LogP contribution in [0.15, 0.2) is 71.9 Å². The van der Waals surface area contributed by atoms with Gasteiger partial charge in [0.15, 0.2) is 0 Å². The summed E-state index contributed by atoms with van der Waals surface area (Å²) in [5.41, 5.74) is -4.43. The first-order valence-corrected chi connectivity index (χ1v) is 12.6. The quantitative estimate of drug-likeness (QED) is 0.419. The van der Waals surface area contributed by atoms with Gasteiger partial charge in [0, 0.05) is 35.1 Å². The molecule has 2 heterocycles. The van der Waals surface area contributed by atoms with Crippen LogP contribution < -0.4 is 4.90 Å². The lowest BCUT2D eigenvalue weighted by Gasteiger charge is -2.23. The summed E-state index contributed by atoms with van der Waals surface area (Å²) in [7, 11) is -5.56. The highest BCUT2D eigenvalue weighted by molar-refractivity contribution is 7.92. The van der Waals surface area contributed by atoms with Gasteiger partial charge >= 0.3 is 11.5 Å². The monoisotopic (exact) mass is 535 g/mol. The number of amides is 3. The zero-order valence-electron chi connectivity index (χ0n) is 18.4. The summed E-state index contributed by atoms with van der Waals surface area (Å²) < 4.78 is 61.9. The van der Waals surface area contributed by atoms with Gasteiger partial charge in [-0.1, -0.05) is 29.8 Å². The van der Waals surface area contributed by atoms with E-state index in [1.54, 1.807) is 30.6 Å². The Balaban J connectivity index is 1.47. The third-order valence-corrected chi connectivity index (χ3v) is 8.21. The normalized spacial score (nSPS) is 17.2. The van der Waals surface area contributed by atoms with E-state index in [0.29, 0.717) is 34.6 Å². The van der Waals surface area contributed by atoms with Crippen LogP contribution in [0.2, 0.25) is 5.02 Å². The average molecular weight is 536 g/mol. The molecule has 1 saturated heterocycles. The number of urea groups is 1. The molecule has 0 N–H and O–H groups in total. The van der Waals surface area contributed by atoms with Crippen molar-refractivity contribution in [2.75, 3.05) is 4.90 Å². The molecule has 2 fully saturated rings. The summed E-state index contributed by atoms with van der Waals surface area (Å²) in [5, 5.41) is 0.493. The molecule has 186 valence electrons. The van der Waals surface area contributed by atoms with Gasteiger partial charge in [-0.15, -0.1) is 0 Å². The molecule has 5 rings (SSSR count). The number of imide groups is 1. The lowest BCUT2D eigenvalue weighted by Crippen LogP contribution is -2.36. The number of pyridine rings is 1. The van der Waals surface area contributed by atoms with Crippen LogP contribution in [0.25, 0.3) is 11.1 Å². The topological polar surface area (TPSA) is 87.7 Å². The zero-order chi connectivity index (χ0) is 25.9. The molecule has 2 aliphatic rings. The average Bonchev–Trinajstić information content (AvgIpc) is 3.61. The van der Waals surface area contributed by atoms with Gasteiger partial charge in [0.05, 0.1) is 10.6 Å². The van der Waals surface area contributed by atoms with Crippen LogP contribution in [0.4, 0.5) is 23.7 Å². The minimum Gasteiger partial charge on any atom is -0.305 e. The molecule has 0 radical (unpaired) electrons. The summed E-state index contributed by atoms with van der Waals surface area (Å²) in [6, 6.07) is 11.7. The minimum absolute atomic E-state index is 0.0130. The van der Waals surface area contributed by atoms with Gasteiger partial charge in [0.2, 0.25) is 0 Å². The molecule has 0 unspecified atom stereocenters. The van der Waals surface area contributed by atoms with Gasteiger partial charge in [-0.2, -0.15) is 13.2 Å². The molecular formula is C24H17ClF3N3O4S. The number of alkyl halides is 3. The maximum absolute atomic E-state index is 13.4. The SMILES string of the molecule is O=C1N(c2ccc(S(=O)(=O)C(F)(F)F)cc2)C(=O)C2(CC2)N1Cc1ccncc1-c1ccccc1Cl. The van der Waals surface area contributed by atoms with Gasteiger partial charge in [0.1, 0.15) is 5.54 Å². The van der Waals surface area contributed by atoms with Gasteiger partial charge in [-0.25, -0.2) is 18.1 Å². The van der Waals surface area contributed by atoms with Crippen LogP contribution in [0.3, 0.4) is 0 Å². The van der Waals surface area contributed by atoms with Gasteiger partial charge in [-0.05, 0) is 54.8 Å². The van der Waals surface area contributed by atoms with E-state index in [1.807, 2.05) is 12.1 Å². The molecular weight excluding hydrogens is 519 g/mol. The largest absolute Gasteiger partial charge is 0.501 e. The Hall–Kier alpha value is -3.44. The van der Waals surface area contributed by atoms with Gasteiger partial charge in [0.25, 0.3) is 15.7 Å². The van der Waals surface area contributed by atoms with E-state index in [0.717, 1.165) is 29.2 Å². The Morgan fingerprint density at radius 2 is 1.64 bits per heavy atom. The van der Waals surface area contributed by atoms with Crippen molar-refractivity contribution in [2.45, 2.75) is 35.3 Å². The summed E-state index contributed by atoms with van der Waals surface area (Å²) in [5.74, 6) is -0.507. The first kappa shape index (κ1) is 24.3.